The van der Waals surface area contributed by atoms with Crippen molar-refractivity contribution < 1.29 is 19.1 Å². The number of thioether (sulfide) groups is 1. The average Bonchev–Trinajstić information content (AvgIpc) is 2.94. The zero-order valence-corrected chi connectivity index (χ0v) is 15.7. The van der Waals surface area contributed by atoms with Gasteiger partial charge in [0.2, 0.25) is 11.8 Å². The van der Waals surface area contributed by atoms with Crippen molar-refractivity contribution in [1.29, 1.82) is 0 Å². The Labute approximate surface area is 165 Å². The Morgan fingerprint density at radius 2 is 1.93 bits per heavy atom. The Bertz CT molecular complexity index is 913. The molecule has 2 amide bonds. The van der Waals surface area contributed by atoms with E-state index in [0.29, 0.717) is 16.5 Å². The van der Waals surface area contributed by atoms with Gasteiger partial charge in [-0.05, 0) is 48.5 Å². The molecule has 1 aliphatic rings. The van der Waals surface area contributed by atoms with Crippen molar-refractivity contribution in [3.8, 4) is 5.75 Å². The molecule has 0 aromatic heterocycles. The molecule has 3 rings (SSSR count). The Kier molecular flexibility index (Phi) is 6.10. The number of amidine groups is 1. The third-order valence-electron chi connectivity index (χ3n) is 3.90. The van der Waals surface area contributed by atoms with Gasteiger partial charge in [-0.15, -0.1) is 6.58 Å². The molecule has 2 N–H and O–H groups in total. The molecular formula is C20H18FN3O3S. The second-order valence-corrected chi connectivity index (χ2v) is 7.18. The number of benzene rings is 2. The maximum absolute atomic E-state index is 13.0. The van der Waals surface area contributed by atoms with Crippen molar-refractivity contribution >= 4 is 40.1 Å². The fourth-order valence-electron chi connectivity index (χ4n) is 2.57. The van der Waals surface area contributed by atoms with Gasteiger partial charge in [0.1, 0.15) is 16.8 Å². The molecule has 1 aliphatic heterocycles. The lowest BCUT2D eigenvalue weighted by Crippen LogP contribution is -2.33. The minimum absolute atomic E-state index is 0.0386. The fraction of sp³-hybridized carbons (Fsp3) is 0.150. The van der Waals surface area contributed by atoms with Crippen LogP contribution < -0.4 is 5.32 Å². The van der Waals surface area contributed by atoms with E-state index in [9.17, 15) is 19.1 Å². The summed E-state index contributed by atoms with van der Waals surface area (Å²) in [6, 6.07) is 11.7. The summed E-state index contributed by atoms with van der Waals surface area (Å²) in [4.78, 5) is 30.9. The maximum atomic E-state index is 13.0. The SMILES string of the molecule is C=CCN1C(=O)[C@H](CC(=O)Nc2ccc(F)cc2)SC1=Nc1ccc(O)cc1. The zero-order valence-electron chi connectivity index (χ0n) is 14.8. The average molecular weight is 399 g/mol. The number of nitrogens with zero attached hydrogens (tertiary/aromatic N) is 2. The first kappa shape index (κ1) is 19.6. The minimum Gasteiger partial charge on any atom is -0.508 e. The van der Waals surface area contributed by atoms with Gasteiger partial charge in [0, 0.05) is 18.7 Å². The van der Waals surface area contributed by atoms with Crippen molar-refractivity contribution in [3.05, 3.63) is 67.0 Å². The van der Waals surface area contributed by atoms with Crippen molar-refractivity contribution in [2.45, 2.75) is 11.7 Å². The molecule has 0 bridgehead atoms. The van der Waals surface area contributed by atoms with Gasteiger partial charge < -0.3 is 10.4 Å². The number of carbonyl (C=O) groups is 2. The van der Waals surface area contributed by atoms with Crippen molar-refractivity contribution in [2.24, 2.45) is 4.99 Å². The van der Waals surface area contributed by atoms with E-state index in [1.807, 2.05) is 0 Å². The van der Waals surface area contributed by atoms with E-state index in [-0.39, 0.29) is 30.5 Å². The van der Waals surface area contributed by atoms with Gasteiger partial charge in [-0.25, -0.2) is 9.38 Å². The maximum Gasteiger partial charge on any atom is 0.242 e. The minimum atomic E-state index is -0.615. The summed E-state index contributed by atoms with van der Waals surface area (Å²) in [7, 11) is 0. The zero-order chi connectivity index (χ0) is 20.1. The number of hydrogen-bond acceptors (Lipinski definition) is 5. The van der Waals surface area contributed by atoms with Crippen LogP contribution in [-0.2, 0) is 9.59 Å². The van der Waals surface area contributed by atoms with E-state index in [2.05, 4.69) is 16.9 Å². The van der Waals surface area contributed by atoms with E-state index >= 15 is 0 Å². The molecule has 0 saturated carbocycles. The predicted octanol–water partition coefficient (Wildman–Crippen LogP) is 3.68. The highest BCUT2D eigenvalue weighted by molar-refractivity contribution is 8.15. The topological polar surface area (TPSA) is 82.0 Å². The standard InChI is InChI=1S/C20H18FN3O3S/c1-2-11-24-19(27)17(12-18(26)22-14-5-3-13(21)4-6-14)28-20(24)23-15-7-9-16(25)10-8-15/h2-10,17,25H,1,11-12H2,(H,22,26)/t17-/m0/s1. The summed E-state index contributed by atoms with van der Waals surface area (Å²) in [6.45, 7) is 3.94. The number of aromatic hydroxyl groups is 1. The second-order valence-electron chi connectivity index (χ2n) is 6.01. The largest absolute Gasteiger partial charge is 0.508 e. The fourth-order valence-corrected chi connectivity index (χ4v) is 3.74. The molecule has 0 radical (unpaired) electrons. The number of anilines is 1. The van der Waals surface area contributed by atoms with Crippen molar-refractivity contribution in [2.75, 3.05) is 11.9 Å². The van der Waals surface area contributed by atoms with Crippen molar-refractivity contribution in [1.82, 2.24) is 4.90 Å². The smallest absolute Gasteiger partial charge is 0.242 e. The Morgan fingerprint density at radius 1 is 1.25 bits per heavy atom. The van der Waals surface area contributed by atoms with Crippen LogP contribution in [0.3, 0.4) is 0 Å². The molecule has 1 heterocycles. The highest BCUT2D eigenvalue weighted by Crippen LogP contribution is 2.32. The number of carbonyl (C=O) groups excluding carboxylic acids is 2. The van der Waals surface area contributed by atoms with Crippen LogP contribution in [0.4, 0.5) is 15.8 Å². The van der Waals surface area contributed by atoms with Crippen LogP contribution in [-0.4, -0.2) is 38.8 Å². The van der Waals surface area contributed by atoms with Crippen LogP contribution >= 0.6 is 11.8 Å². The number of hydrogen-bond donors (Lipinski definition) is 2. The van der Waals surface area contributed by atoms with E-state index in [0.717, 1.165) is 0 Å². The Hall–Kier alpha value is -3.13. The number of rotatable bonds is 6. The summed E-state index contributed by atoms with van der Waals surface area (Å²) in [5.74, 6) is -0.842. The van der Waals surface area contributed by atoms with Gasteiger partial charge in [-0.2, -0.15) is 0 Å². The number of phenolic OH excluding ortho intramolecular Hbond substituents is 1. The lowest BCUT2D eigenvalue weighted by molar-refractivity contribution is -0.127. The van der Waals surface area contributed by atoms with Gasteiger partial charge >= 0.3 is 0 Å². The van der Waals surface area contributed by atoms with Gasteiger partial charge in [0.25, 0.3) is 0 Å². The lowest BCUT2D eigenvalue weighted by atomic mass is 10.2. The summed E-state index contributed by atoms with van der Waals surface area (Å²) in [5.41, 5.74) is 1.04. The van der Waals surface area contributed by atoms with E-state index < -0.39 is 11.1 Å². The summed E-state index contributed by atoms with van der Waals surface area (Å²) >= 11 is 1.20. The molecule has 0 aliphatic carbocycles. The van der Waals surface area contributed by atoms with Crippen LogP contribution in [0.25, 0.3) is 0 Å². The number of nitrogens with one attached hydrogen (secondary N) is 1. The quantitative estimate of drug-likeness (QED) is 0.726. The first-order chi connectivity index (χ1) is 13.5. The predicted molar refractivity (Wildman–Crippen MR) is 108 cm³/mol. The molecule has 144 valence electrons. The van der Waals surface area contributed by atoms with Crippen LogP contribution in [0.5, 0.6) is 5.75 Å². The molecular weight excluding hydrogens is 381 g/mol. The molecule has 6 nitrogen and oxygen atoms in total. The van der Waals surface area contributed by atoms with Crippen LogP contribution in [0.2, 0.25) is 0 Å². The van der Waals surface area contributed by atoms with Gasteiger partial charge in [-0.1, -0.05) is 17.8 Å². The molecule has 0 spiro atoms. The molecule has 1 saturated heterocycles. The molecule has 8 heteroatoms. The summed E-state index contributed by atoms with van der Waals surface area (Å²) in [5, 5.41) is 11.9. The van der Waals surface area contributed by atoms with Crippen LogP contribution in [0, 0.1) is 5.82 Å². The second kappa shape index (κ2) is 8.71. The number of amides is 2. The van der Waals surface area contributed by atoms with Gasteiger partial charge in [-0.3, -0.25) is 14.5 Å². The van der Waals surface area contributed by atoms with Crippen LogP contribution in [0.1, 0.15) is 6.42 Å². The van der Waals surface area contributed by atoms with Gasteiger partial charge in [0.05, 0.1) is 5.69 Å². The number of phenols is 1. The summed E-state index contributed by atoms with van der Waals surface area (Å²) in [6.07, 6.45) is 1.55. The summed E-state index contributed by atoms with van der Waals surface area (Å²) < 4.78 is 13.0. The monoisotopic (exact) mass is 399 g/mol. The van der Waals surface area contributed by atoms with Crippen molar-refractivity contribution in [3.63, 3.8) is 0 Å². The van der Waals surface area contributed by atoms with Crippen LogP contribution in [0.15, 0.2) is 66.2 Å². The first-order valence-corrected chi connectivity index (χ1v) is 9.36. The third kappa shape index (κ3) is 4.77. The highest BCUT2D eigenvalue weighted by Gasteiger charge is 2.38. The lowest BCUT2D eigenvalue weighted by Gasteiger charge is -2.13. The van der Waals surface area contributed by atoms with Gasteiger partial charge in [0.15, 0.2) is 5.17 Å². The molecule has 1 fully saturated rings. The normalized spacial score (nSPS) is 17.8. The molecule has 2 aromatic rings. The molecule has 1 atom stereocenters. The highest BCUT2D eigenvalue weighted by atomic mass is 32.2. The van der Waals surface area contributed by atoms with E-state index in [1.54, 1.807) is 18.2 Å². The molecule has 28 heavy (non-hydrogen) atoms. The molecule has 0 unspecified atom stereocenters. The molecule has 2 aromatic carbocycles. The number of aliphatic imine (C=N–C) groups is 1. The number of halogens is 1. The first-order valence-electron chi connectivity index (χ1n) is 8.48. The van der Waals surface area contributed by atoms with E-state index in [1.165, 1.54) is 53.1 Å². The van der Waals surface area contributed by atoms with E-state index in [4.69, 9.17) is 0 Å². The Balaban J connectivity index is 1.72. The third-order valence-corrected chi connectivity index (χ3v) is 5.08. The Morgan fingerprint density at radius 3 is 2.57 bits per heavy atom.